The van der Waals surface area contributed by atoms with Gasteiger partial charge in [-0.3, -0.25) is 4.79 Å². The lowest BCUT2D eigenvalue weighted by Gasteiger charge is -2.37. The Morgan fingerprint density at radius 3 is 2.53 bits per heavy atom. The molecule has 3 fully saturated rings. The second-order valence-electron chi connectivity index (χ2n) is 6.82. The van der Waals surface area contributed by atoms with Gasteiger partial charge in [-0.2, -0.15) is 0 Å². The van der Waals surface area contributed by atoms with E-state index in [-0.39, 0.29) is 11.0 Å². The Bertz CT molecular complexity index is 331. The molecule has 1 aliphatic heterocycles. The van der Waals surface area contributed by atoms with Crippen LogP contribution in [-0.4, -0.2) is 29.4 Å². The molecule has 0 spiro atoms. The zero-order valence-corrected chi connectivity index (χ0v) is 10.9. The molecule has 17 heavy (non-hydrogen) atoms. The van der Waals surface area contributed by atoms with E-state index in [0.29, 0.717) is 11.8 Å². The SMILES string of the molecule is CC1CCCN(C(=O)C23CCC(N)(CC2)C3)C1. The van der Waals surface area contributed by atoms with Crippen molar-refractivity contribution in [2.45, 2.75) is 57.4 Å². The number of carbonyl (C=O) groups is 1. The Balaban J connectivity index is 1.74. The molecular weight excluding hydrogens is 212 g/mol. The van der Waals surface area contributed by atoms with Crippen LogP contribution in [0.2, 0.25) is 0 Å². The summed E-state index contributed by atoms with van der Waals surface area (Å²) in [6.07, 6.45) is 7.59. The molecule has 1 saturated heterocycles. The van der Waals surface area contributed by atoms with E-state index in [1.54, 1.807) is 0 Å². The number of piperidine rings is 1. The summed E-state index contributed by atoms with van der Waals surface area (Å²) < 4.78 is 0. The third-order valence-electron chi connectivity index (χ3n) is 5.29. The lowest BCUT2D eigenvalue weighted by Crippen LogP contribution is -2.46. The number of nitrogens with zero attached hydrogens (tertiary/aromatic N) is 1. The fourth-order valence-corrected chi connectivity index (χ4v) is 4.25. The second-order valence-corrected chi connectivity index (χ2v) is 6.82. The highest BCUT2D eigenvalue weighted by Crippen LogP contribution is 2.56. The van der Waals surface area contributed by atoms with Gasteiger partial charge in [0, 0.05) is 18.6 Å². The van der Waals surface area contributed by atoms with Crippen molar-refractivity contribution in [3.05, 3.63) is 0 Å². The summed E-state index contributed by atoms with van der Waals surface area (Å²) in [6.45, 7) is 4.20. The third-order valence-corrected chi connectivity index (χ3v) is 5.29. The number of fused-ring (bicyclic) bond motifs is 2. The summed E-state index contributed by atoms with van der Waals surface area (Å²) in [4.78, 5) is 14.9. The van der Waals surface area contributed by atoms with Crippen molar-refractivity contribution in [2.24, 2.45) is 17.1 Å². The topological polar surface area (TPSA) is 46.3 Å². The minimum absolute atomic E-state index is 0.00291. The standard InChI is InChI=1S/C14H24N2O/c1-11-3-2-8-16(9-11)12(17)13-4-6-14(15,10-13)7-5-13/h11H,2-10,15H2,1H3. The van der Waals surface area contributed by atoms with Crippen LogP contribution >= 0.6 is 0 Å². The average molecular weight is 236 g/mol. The number of nitrogens with two attached hydrogens (primary N) is 1. The summed E-state index contributed by atoms with van der Waals surface area (Å²) in [6, 6.07) is 0. The van der Waals surface area contributed by atoms with E-state index < -0.39 is 0 Å². The van der Waals surface area contributed by atoms with Crippen LogP contribution in [-0.2, 0) is 4.79 Å². The maximum absolute atomic E-state index is 12.7. The van der Waals surface area contributed by atoms with Crippen molar-refractivity contribution in [3.8, 4) is 0 Å². The van der Waals surface area contributed by atoms with Gasteiger partial charge in [-0.15, -0.1) is 0 Å². The molecule has 2 saturated carbocycles. The molecule has 1 heterocycles. The minimum atomic E-state index is -0.0637. The lowest BCUT2D eigenvalue weighted by atomic mass is 9.82. The van der Waals surface area contributed by atoms with Crippen LogP contribution in [0.25, 0.3) is 0 Å². The smallest absolute Gasteiger partial charge is 0.228 e. The van der Waals surface area contributed by atoms with Crippen LogP contribution in [0.5, 0.6) is 0 Å². The van der Waals surface area contributed by atoms with Gasteiger partial charge in [0.2, 0.25) is 5.91 Å². The number of carbonyl (C=O) groups excluding carboxylic acids is 1. The molecule has 0 aromatic rings. The molecule has 1 atom stereocenters. The molecule has 96 valence electrons. The van der Waals surface area contributed by atoms with Crippen molar-refractivity contribution in [1.29, 1.82) is 0 Å². The maximum atomic E-state index is 12.7. The quantitative estimate of drug-likeness (QED) is 0.756. The molecule has 3 rings (SSSR count). The monoisotopic (exact) mass is 236 g/mol. The summed E-state index contributed by atoms with van der Waals surface area (Å²) in [5.74, 6) is 1.10. The van der Waals surface area contributed by atoms with Crippen molar-refractivity contribution in [2.75, 3.05) is 13.1 Å². The maximum Gasteiger partial charge on any atom is 0.228 e. The van der Waals surface area contributed by atoms with Gasteiger partial charge in [-0.25, -0.2) is 0 Å². The zero-order valence-electron chi connectivity index (χ0n) is 10.9. The Morgan fingerprint density at radius 2 is 2.00 bits per heavy atom. The fraction of sp³-hybridized carbons (Fsp3) is 0.929. The van der Waals surface area contributed by atoms with E-state index in [0.717, 1.165) is 45.2 Å². The highest BCUT2D eigenvalue weighted by atomic mass is 16.2. The van der Waals surface area contributed by atoms with Crippen molar-refractivity contribution in [1.82, 2.24) is 4.90 Å². The number of hydrogen-bond donors (Lipinski definition) is 1. The first kappa shape index (κ1) is 11.5. The number of likely N-dealkylation sites (tertiary alicyclic amines) is 1. The predicted molar refractivity (Wildman–Crippen MR) is 67.4 cm³/mol. The molecule has 0 radical (unpaired) electrons. The Kier molecular flexibility index (Phi) is 2.51. The number of amides is 1. The first-order chi connectivity index (χ1) is 8.03. The van der Waals surface area contributed by atoms with E-state index >= 15 is 0 Å². The predicted octanol–water partition coefficient (Wildman–Crippen LogP) is 1.91. The van der Waals surface area contributed by atoms with Crippen LogP contribution in [0.4, 0.5) is 0 Å². The Morgan fingerprint density at radius 1 is 1.29 bits per heavy atom. The van der Waals surface area contributed by atoms with E-state index in [2.05, 4.69) is 11.8 Å². The van der Waals surface area contributed by atoms with Crippen molar-refractivity contribution >= 4 is 5.91 Å². The van der Waals surface area contributed by atoms with E-state index in [4.69, 9.17) is 5.73 Å². The number of rotatable bonds is 1. The second kappa shape index (κ2) is 3.71. The van der Waals surface area contributed by atoms with Crippen molar-refractivity contribution < 1.29 is 4.79 Å². The molecule has 3 nitrogen and oxygen atoms in total. The summed E-state index contributed by atoms with van der Waals surface area (Å²) in [5.41, 5.74) is 6.24. The Labute approximate surface area is 104 Å². The number of hydrogen-bond acceptors (Lipinski definition) is 2. The molecule has 2 N–H and O–H groups in total. The molecule has 2 bridgehead atoms. The molecule has 1 unspecified atom stereocenters. The van der Waals surface area contributed by atoms with Crippen LogP contribution in [0.3, 0.4) is 0 Å². The lowest BCUT2D eigenvalue weighted by molar-refractivity contribution is -0.143. The van der Waals surface area contributed by atoms with E-state index in [1.807, 2.05) is 0 Å². The fourth-order valence-electron chi connectivity index (χ4n) is 4.25. The minimum Gasteiger partial charge on any atom is -0.342 e. The van der Waals surface area contributed by atoms with E-state index in [9.17, 15) is 4.79 Å². The normalized spacial score (nSPS) is 45.3. The third kappa shape index (κ3) is 1.79. The van der Waals surface area contributed by atoms with Gasteiger partial charge in [0.1, 0.15) is 0 Å². The van der Waals surface area contributed by atoms with E-state index in [1.165, 1.54) is 12.8 Å². The van der Waals surface area contributed by atoms with Crippen LogP contribution in [0.15, 0.2) is 0 Å². The van der Waals surface area contributed by atoms with Crippen LogP contribution in [0.1, 0.15) is 51.9 Å². The van der Waals surface area contributed by atoms with Crippen molar-refractivity contribution in [3.63, 3.8) is 0 Å². The molecule has 0 aromatic carbocycles. The Hall–Kier alpha value is -0.570. The largest absolute Gasteiger partial charge is 0.342 e. The van der Waals surface area contributed by atoms with Gasteiger partial charge in [0.15, 0.2) is 0 Å². The van der Waals surface area contributed by atoms with Gasteiger partial charge in [0.05, 0.1) is 5.41 Å². The summed E-state index contributed by atoms with van der Waals surface area (Å²) in [5, 5.41) is 0. The summed E-state index contributed by atoms with van der Waals surface area (Å²) >= 11 is 0. The van der Waals surface area contributed by atoms with Gasteiger partial charge in [0.25, 0.3) is 0 Å². The molecule has 3 aliphatic rings. The molecule has 0 aromatic heterocycles. The van der Waals surface area contributed by atoms with Gasteiger partial charge in [-0.05, 0) is 50.9 Å². The van der Waals surface area contributed by atoms with Gasteiger partial charge >= 0.3 is 0 Å². The van der Waals surface area contributed by atoms with Gasteiger partial charge in [-0.1, -0.05) is 6.92 Å². The van der Waals surface area contributed by atoms with Crippen LogP contribution < -0.4 is 5.73 Å². The first-order valence-electron chi connectivity index (χ1n) is 7.11. The zero-order chi connectivity index (χ0) is 12.1. The average Bonchev–Trinajstić information content (AvgIpc) is 2.83. The molecular formula is C14H24N2O. The first-order valence-corrected chi connectivity index (χ1v) is 7.11. The molecule has 1 amide bonds. The molecule has 3 heteroatoms. The van der Waals surface area contributed by atoms with Crippen LogP contribution in [0, 0.1) is 11.3 Å². The molecule has 2 aliphatic carbocycles. The summed E-state index contributed by atoms with van der Waals surface area (Å²) in [7, 11) is 0. The highest BCUT2D eigenvalue weighted by Gasteiger charge is 2.57. The van der Waals surface area contributed by atoms with Gasteiger partial charge < -0.3 is 10.6 Å². The highest BCUT2D eigenvalue weighted by molar-refractivity contribution is 5.84.